The lowest BCUT2D eigenvalue weighted by atomic mass is 9.90. The highest BCUT2D eigenvalue weighted by atomic mass is 17.0. The fourth-order valence-corrected chi connectivity index (χ4v) is 2.33. The molecule has 1 heterocycles. The first kappa shape index (κ1) is 17.8. The molecule has 2 rings (SSSR count). The molecule has 0 radical (unpaired) electrons. The van der Waals surface area contributed by atoms with Gasteiger partial charge in [-0.1, -0.05) is 17.4 Å². The summed E-state index contributed by atoms with van der Waals surface area (Å²) in [7, 11) is 0. The molecule has 0 amide bonds. The van der Waals surface area contributed by atoms with Gasteiger partial charge in [-0.25, -0.2) is 0 Å². The molecule has 128 valence electrons. The Balaban J connectivity index is 1.96. The summed E-state index contributed by atoms with van der Waals surface area (Å²) in [6.07, 6.45) is 3.85. The molecule has 6 heteroatoms. The number of hydrogen-bond donors (Lipinski definition) is 2. The Morgan fingerprint density at radius 2 is 1.64 bits per heavy atom. The van der Waals surface area contributed by atoms with Crippen LogP contribution in [0.2, 0.25) is 0 Å². The van der Waals surface area contributed by atoms with Crippen molar-refractivity contribution in [2.45, 2.75) is 89.6 Å². The average Bonchev–Trinajstić information content (AvgIpc) is 2.58. The molecule has 0 aromatic heterocycles. The monoisotopic (exact) mass is 315 g/mol. The zero-order chi connectivity index (χ0) is 16.8. The first-order chi connectivity index (χ1) is 9.95. The number of rotatable bonds is 4. The molecule has 6 nitrogen and oxygen atoms in total. The van der Waals surface area contributed by atoms with E-state index in [-0.39, 0.29) is 12.1 Å². The third kappa shape index (κ3) is 3.53. The summed E-state index contributed by atoms with van der Waals surface area (Å²) in [5.74, 6) is 0. The van der Waals surface area contributed by atoms with Crippen molar-refractivity contribution in [1.29, 1.82) is 0 Å². The minimum Gasteiger partial charge on any atom is -0.366 e. The lowest BCUT2D eigenvalue weighted by Gasteiger charge is -2.34. The van der Waals surface area contributed by atoms with Crippen molar-refractivity contribution in [2.24, 2.45) is 0 Å². The second kappa shape index (κ2) is 5.85. The van der Waals surface area contributed by atoms with Crippen LogP contribution in [-0.4, -0.2) is 50.7 Å². The summed E-state index contributed by atoms with van der Waals surface area (Å²) in [4.78, 5) is 11.8. The predicted molar refractivity (Wildman–Crippen MR) is 81.5 cm³/mol. The van der Waals surface area contributed by atoms with Crippen molar-refractivity contribution in [1.82, 2.24) is 5.23 Å². The van der Waals surface area contributed by atoms with E-state index in [4.69, 9.17) is 14.4 Å². The lowest BCUT2D eigenvalue weighted by Crippen LogP contribution is -2.43. The molecule has 0 bridgehead atoms. The molecule has 1 fully saturated rings. The van der Waals surface area contributed by atoms with Crippen LogP contribution in [0.1, 0.15) is 54.4 Å². The van der Waals surface area contributed by atoms with Gasteiger partial charge in [0, 0.05) is 0 Å². The van der Waals surface area contributed by atoms with Crippen LogP contribution in [0.3, 0.4) is 0 Å². The van der Waals surface area contributed by atoms with Crippen molar-refractivity contribution in [3.05, 3.63) is 12.2 Å². The fraction of sp³-hybridized carbons (Fsp3) is 0.875. The predicted octanol–water partition coefficient (Wildman–Crippen LogP) is 1.92. The molecule has 2 N–H and O–H groups in total. The minimum atomic E-state index is -1.51. The molecule has 0 saturated carbocycles. The molecule has 0 aromatic carbocycles. The first-order valence-corrected chi connectivity index (χ1v) is 7.84. The summed E-state index contributed by atoms with van der Waals surface area (Å²) in [5, 5.41) is 20.2. The van der Waals surface area contributed by atoms with Crippen molar-refractivity contribution in [3.63, 3.8) is 0 Å². The van der Waals surface area contributed by atoms with Crippen LogP contribution in [0.25, 0.3) is 0 Å². The van der Waals surface area contributed by atoms with Gasteiger partial charge in [0.2, 0.25) is 0 Å². The molecule has 0 aromatic rings. The molecular formula is C16H29NO5. The Labute approximate surface area is 132 Å². The topological polar surface area (TPSA) is 71.4 Å². The molecule has 1 aliphatic heterocycles. The first-order valence-electron chi connectivity index (χ1n) is 7.84. The second-order valence-corrected chi connectivity index (χ2v) is 7.65. The normalized spacial score (nSPS) is 31.9. The van der Waals surface area contributed by atoms with E-state index in [9.17, 15) is 10.2 Å². The smallest absolute Gasteiger partial charge is 0.180 e. The number of aliphatic hydroxyl groups excluding tert-OH is 1. The van der Waals surface area contributed by atoms with E-state index < -0.39 is 23.1 Å². The van der Waals surface area contributed by atoms with Gasteiger partial charge in [0.15, 0.2) is 6.29 Å². The maximum absolute atomic E-state index is 9.31. The second-order valence-electron chi connectivity index (χ2n) is 7.65. The minimum absolute atomic E-state index is 0.0306. The SMILES string of the molecule is CC(C)(OC1C=CC(N2OC(C)(C)C(C)(C)O2)CC1)C(O)O. The molecule has 1 aliphatic carbocycles. The van der Waals surface area contributed by atoms with Gasteiger partial charge in [-0.05, 0) is 54.4 Å². The zero-order valence-electron chi connectivity index (χ0n) is 14.4. The maximum Gasteiger partial charge on any atom is 0.180 e. The Hall–Kier alpha value is -0.500. The van der Waals surface area contributed by atoms with Crippen LogP contribution in [0.5, 0.6) is 0 Å². The zero-order valence-corrected chi connectivity index (χ0v) is 14.4. The van der Waals surface area contributed by atoms with Crippen molar-refractivity contribution < 1.29 is 24.6 Å². The maximum atomic E-state index is 9.31. The largest absolute Gasteiger partial charge is 0.366 e. The fourth-order valence-electron chi connectivity index (χ4n) is 2.33. The molecule has 1 saturated heterocycles. The van der Waals surface area contributed by atoms with E-state index in [0.717, 1.165) is 12.8 Å². The molecule has 22 heavy (non-hydrogen) atoms. The van der Waals surface area contributed by atoms with Crippen molar-refractivity contribution in [3.8, 4) is 0 Å². The molecule has 2 unspecified atom stereocenters. The summed E-state index contributed by atoms with van der Waals surface area (Å²) < 4.78 is 5.75. The highest BCUT2D eigenvalue weighted by Crippen LogP contribution is 2.40. The van der Waals surface area contributed by atoms with Crippen LogP contribution in [0.4, 0.5) is 0 Å². The molecule has 2 atom stereocenters. The van der Waals surface area contributed by atoms with Gasteiger partial charge in [0.05, 0.1) is 12.1 Å². The van der Waals surface area contributed by atoms with Crippen molar-refractivity contribution in [2.75, 3.05) is 0 Å². The van der Waals surface area contributed by atoms with Crippen LogP contribution < -0.4 is 0 Å². The third-order valence-electron chi connectivity index (χ3n) is 4.73. The van der Waals surface area contributed by atoms with E-state index in [0.29, 0.717) is 0 Å². The van der Waals surface area contributed by atoms with Gasteiger partial charge >= 0.3 is 0 Å². The van der Waals surface area contributed by atoms with Crippen LogP contribution in [0, 0.1) is 0 Å². The van der Waals surface area contributed by atoms with Crippen LogP contribution in [-0.2, 0) is 14.4 Å². The van der Waals surface area contributed by atoms with Crippen LogP contribution in [0.15, 0.2) is 12.2 Å². The average molecular weight is 315 g/mol. The van der Waals surface area contributed by atoms with Gasteiger partial charge in [-0.15, -0.1) is 0 Å². The van der Waals surface area contributed by atoms with E-state index in [1.165, 1.54) is 0 Å². The van der Waals surface area contributed by atoms with E-state index in [1.807, 2.05) is 39.8 Å². The number of hydroxylamine groups is 2. The van der Waals surface area contributed by atoms with Gasteiger partial charge in [0.1, 0.15) is 16.8 Å². The summed E-state index contributed by atoms with van der Waals surface area (Å²) in [6.45, 7) is 11.4. The van der Waals surface area contributed by atoms with Crippen molar-refractivity contribution >= 4 is 0 Å². The standard InChI is InChI=1S/C16H29NO5/c1-14(2,13(18)19)20-12-9-7-11(8-10-12)17-21-15(3,4)16(5,6)22-17/h7,9,11-13,18-19H,8,10H2,1-6H3. The number of ether oxygens (including phenoxy) is 1. The Morgan fingerprint density at radius 1 is 1.09 bits per heavy atom. The summed E-state index contributed by atoms with van der Waals surface area (Å²) in [6, 6.07) is 0.0306. The van der Waals surface area contributed by atoms with E-state index in [2.05, 4.69) is 0 Å². The third-order valence-corrected chi connectivity index (χ3v) is 4.73. The van der Waals surface area contributed by atoms with Gasteiger partial charge in [-0.3, -0.25) is 9.68 Å². The Kier molecular flexibility index (Phi) is 4.75. The van der Waals surface area contributed by atoms with Gasteiger partial charge in [-0.2, -0.15) is 0 Å². The van der Waals surface area contributed by atoms with E-state index >= 15 is 0 Å². The Morgan fingerprint density at radius 3 is 2.05 bits per heavy atom. The summed E-state index contributed by atoms with van der Waals surface area (Å²) in [5.41, 5.74) is -1.78. The van der Waals surface area contributed by atoms with Gasteiger partial charge in [0.25, 0.3) is 0 Å². The number of aliphatic hydroxyl groups is 2. The number of nitrogens with zero attached hydrogens (tertiary/aromatic N) is 1. The summed E-state index contributed by atoms with van der Waals surface area (Å²) >= 11 is 0. The highest BCUT2D eigenvalue weighted by molar-refractivity contribution is 5.04. The number of hydrogen-bond acceptors (Lipinski definition) is 6. The lowest BCUT2D eigenvalue weighted by molar-refractivity contribution is -0.344. The van der Waals surface area contributed by atoms with Gasteiger partial charge < -0.3 is 14.9 Å². The van der Waals surface area contributed by atoms with E-state index in [1.54, 1.807) is 19.1 Å². The Bertz CT molecular complexity index is 414. The quantitative estimate of drug-likeness (QED) is 0.610. The molecule has 2 aliphatic rings. The molecule has 0 spiro atoms. The highest BCUT2D eigenvalue weighted by Gasteiger charge is 2.51. The van der Waals surface area contributed by atoms with Crippen LogP contribution >= 0.6 is 0 Å². The molecular weight excluding hydrogens is 286 g/mol.